The Balaban J connectivity index is 1.98. The molecule has 1 N–H and O–H groups in total. The van der Waals surface area contributed by atoms with Crippen LogP contribution in [0.25, 0.3) is 0 Å². The van der Waals surface area contributed by atoms with E-state index in [1.807, 2.05) is 89.2 Å². The number of rotatable bonds is 10. The minimum absolute atomic E-state index is 0.0384. The van der Waals surface area contributed by atoms with E-state index < -0.39 is 6.04 Å². The zero-order chi connectivity index (χ0) is 25.4. The van der Waals surface area contributed by atoms with Gasteiger partial charge in [-0.3, -0.25) is 9.59 Å². The molecule has 2 atom stereocenters. The SMILES string of the molecule is CCC(C)NC(=O)C(Cc1ccccc1)N(Cc1ccc(C)cc1)C(=O)Cc1cc(C)cc(C)c1. The van der Waals surface area contributed by atoms with Crippen molar-refractivity contribution < 1.29 is 9.59 Å². The number of carbonyl (C=O) groups excluding carboxylic acids is 2. The van der Waals surface area contributed by atoms with E-state index >= 15 is 0 Å². The van der Waals surface area contributed by atoms with Crippen LogP contribution in [0.1, 0.15) is 53.6 Å². The second-order valence-electron chi connectivity index (χ2n) is 9.70. The summed E-state index contributed by atoms with van der Waals surface area (Å²) in [5.41, 5.74) is 6.45. The van der Waals surface area contributed by atoms with Crippen molar-refractivity contribution >= 4 is 11.8 Å². The molecule has 2 unspecified atom stereocenters. The summed E-state index contributed by atoms with van der Waals surface area (Å²) >= 11 is 0. The minimum Gasteiger partial charge on any atom is -0.352 e. The van der Waals surface area contributed by atoms with E-state index in [0.717, 1.165) is 39.8 Å². The van der Waals surface area contributed by atoms with Crippen LogP contribution in [0.3, 0.4) is 0 Å². The molecule has 3 rings (SSSR count). The van der Waals surface area contributed by atoms with Crippen LogP contribution in [0.5, 0.6) is 0 Å². The van der Waals surface area contributed by atoms with E-state index in [-0.39, 0.29) is 24.3 Å². The summed E-state index contributed by atoms with van der Waals surface area (Å²) in [6.07, 6.45) is 1.56. The topological polar surface area (TPSA) is 49.4 Å². The fourth-order valence-corrected chi connectivity index (χ4v) is 4.33. The van der Waals surface area contributed by atoms with Crippen molar-refractivity contribution in [2.75, 3.05) is 0 Å². The number of nitrogens with zero attached hydrogens (tertiary/aromatic N) is 1. The number of hydrogen-bond donors (Lipinski definition) is 1. The molecule has 0 heterocycles. The smallest absolute Gasteiger partial charge is 0.243 e. The number of carbonyl (C=O) groups is 2. The van der Waals surface area contributed by atoms with Crippen molar-refractivity contribution in [3.63, 3.8) is 0 Å². The van der Waals surface area contributed by atoms with Gasteiger partial charge >= 0.3 is 0 Å². The maximum absolute atomic E-state index is 13.8. The summed E-state index contributed by atoms with van der Waals surface area (Å²) in [7, 11) is 0. The van der Waals surface area contributed by atoms with E-state index in [1.54, 1.807) is 4.90 Å². The lowest BCUT2D eigenvalue weighted by atomic mass is 10.00. The fourth-order valence-electron chi connectivity index (χ4n) is 4.33. The standard InChI is InChI=1S/C31H38N2O2/c1-6-25(5)32-31(35)29(19-26-10-8-7-9-11-26)33(21-27-14-12-22(2)13-15-27)30(34)20-28-17-23(3)16-24(4)18-28/h7-18,25,29H,6,19-21H2,1-5H3,(H,32,35). The first-order chi connectivity index (χ1) is 16.7. The van der Waals surface area contributed by atoms with E-state index in [2.05, 4.69) is 23.5 Å². The van der Waals surface area contributed by atoms with Gasteiger partial charge in [0.05, 0.1) is 6.42 Å². The van der Waals surface area contributed by atoms with Crippen LogP contribution < -0.4 is 5.32 Å². The van der Waals surface area contributed by atoms with Crippen LogP contribution in [0.15, 0.2) is 72.8 Å². The summed E-state index contributed by atoms with van der Waals surface area (Å²) in [6.45, 7) is 10.6. The first-order valence-electron chi connectivity index (χ1n) is 12.5. The molecular formula is C31H38N2O2. The highest BCUT2D eigenvalue weighted by Crippen LogP contribution is 2.18. The molecule has 0 aliphatic heterocycles. The van der Waals surface area contributed by atoms with Crippen LogP contribution in [-0.4, -0.2) is 28.8 Å². The number of hydrogen-bond acceptors (Lipinski definition) is 2. The number of benzene rings is 3. The van der Waals surface area contributed by atoms with Gasteiger partial charge in [0.1, 0.15) is 6.04 Å². The Morgan fingerprint density at radius 1 is 0.800 bits per heavy atom. The normalized spacial score (nSPS) is 12.6. The van der Waals surface area contributed by atoms with Gasteiger partial charge in [-0.25, -0.2) is 0 Å². The first-order valence-corrected chi connectivity index (χ1v) is 12.5. The maximum Gasteiger partial charge on any atom is 0.243 e. The fraction of sp³-hybridized carbons (Fsp3) is 0.355. The van der Waals surface area contributed by atoms with Crippen molar-refractivity contribution in [3.05, 3.63) is 106 Å². The third-order valence-electron chi connectivity index (χ3n) is 6.38. The van der Waals surface area contributed by atoms with Gasteiger partial charge in [-0.1, -0.05) is 96.4 Å². The summed E-state index contributed by atoms with van der Waals surface area (Å²) < 4.78 is 0. The summed E-state index contributed by atoms with van der Waals surface area (Å²) in [5.74, 6) is -0.153. The molecule has 4 nitrogen and oxygen atoms in total. The van der Waals surface area contributed by atoms with Gasteiger partial charge in [0.2, 0.25) is 11.8 Å². The molecular weight excluding hydrogens is 432 g/mol. The summed E-state index contributed by atoms with van der Waals surface area (Å²) in [6, 6.07) is 23.8. The second-order valence-corrected chi connectivity index (χ2v) is 9.70. The molecule has 0 aliphatic carbocycles. The van der Waals surface area contributed by atoms with Gasteiger partial charge in [0.25, 0.3) is 0 Å². The zero-order valence-corrected chi connectivity index (χ0v) is 21.7. The van der Waals surface area contributed by atoms with Gasteiger partial charge in [0.15, 0.2) is 0 Å². The second kappa shape index (κ2) is 12.3. The van der Waals surface area contributed by atoms with Crippen LogP contribution >= 0.6 is 0 Å². The molecule has 3 aromatic rings. The highest BCUT2D eigenvalue weighted by molar-refractivity contribution is 5.89. The largest absolute Gasteiger partial charge is 0.352 e. The lowest BCUT2D eigenvalue weighted by Gasteiger charge is -2.32. The number of amides is 2. The molecule has 0 spiro atoms. The van der Waals surface area contributed by atoms with Crippen molar-refractivity contribution in [1.82, 2.24) is 10.2 Å². The Labute approximate surface area is 210 Å². The predicted octanol–water partition coefficient (Wildman–Crippen LogP) is 5.71. The summed E-state index contributed by atoms with van der Waals surface area (Å²) in [4.78, 5) is 29.2. The molecule has 2 amide bonds. The van der Waals surface area contributed by atoms with E-state index in [9.17, 15) is 9.59 Å². The van der Waals surface area contributed by atoms with E-state index in [1.165, 1.54) is 0 Å². The molecule has 0 aliphatic rings. The molecule has 0 radical (unpaired) electrons. The van der Waals surface area contributed by atoms with Crippen molar-refractivity contribution in [3.8, 4) is 0 Å². The quantitative estimate of drug-likeness (QED) is 0.413. The van der Waals surface area contributed by atoms with Crippen molar-refractivity contribution in [2.45, 2.75) is 72.5 Å². The van der Waals surface area contributed by atoms with Crippen LogP contribution in [-0.2, 0) is 29.0 Å². The molecule has 0 bridgehead atoms. The number of aryl methyl sites for hydroxylation is 3. The molecule has 0 fully saturated rings. The van der Waals surface area contributed by atoms with Gasteiger partial charge in [-0.15, -0.1) is 0 Å². The Bertz CT molecular complexity index is 1100. The minimum atomic E-state index is -0.605. The van der Waals surface area contributed by atoms with Crippen LogP contribution in [0, 0.1) is 20.8 Å². The molecule has 4 heteroatoms. The number of nitrogens with one attached hydrogen (secondary N) is 1. The third kappa shape index (κ3) is 7.81. The van der Waals surface area contributed by atoms with Crippen molar-refractivity contribution in [1.29, 1.82) is 0 Å². The lowest BCUT2D eigenvalue weighted by molar-refractivity contribution is -0.141. The van der Waals surface area contributed by atoms with Gasteiger partial charge in [0, 0.05) is 19.0 Å². The van der Waals surface area contributed by atoms with Gasteiger partial charge in [-0.2, -0.15) is 0 Å². The van der Waals surface area contributed by atoms with Crippen molar-refractivity contribution in [2.24, 2.45) is 0 Å². The molecule has 3 aromatic carbocycles. The molecule has 0 aromatic heterocycles. The zero-order valence-electron chi connectivity index (χ0n) is 21.7. The molecule has 35 heavy (non-hydrogen) atoms. The lowest BCUT2D eigenvalue weighted by Crippen LogP contribution is -2.52. The highest BCUT2D eigenvalue weighted by Gasteiger charge is 2.31. The third-order valence-corrected chi connectivity index (χ3v) is 6.38. The van der Waals surface area contributed by atoms with Gasteiger partial charge < -0.3 is 10.2 Å². The monoisotopic (exact) mass is 470 g/mol. The first kappa shape index (κ1) is 26.2. The molecule has 0 saturated heterocycles. The van der Waals surface area contributed by atoms with Crippen LogP contribution in [0.2, 0.25) is 0 Å². The predicted molar refractivity (Wildman–Crippen MR) is 143 cm³/mol. The average molecular weight is 471 g/mol. The molecule has 184 valence electrons. The van der Waals surface area contributed by atoms with Crippen LogP contribution in [0.4, 0.5) is 0 Å². The van der Waals surface area contributed by atoms with E-state index in [0.29, 0.717) is 13.0 Å². The summed E-state index contributed by atoms with van der Waals surface area (Å²) in [5, 5.41) is 3.13. The Morgan fingerprint density at radius 3 is 2.03 bits per heavy atom. The van der Waals surface area contributed by atoms with E-state index in [4.69, 9.17) is 0 Å². The molecule has 0 saturated carbocycles. The van der Waals surface area contributed by atoms with Gasteiger partial charge in [-0.05, 0) is 50.8 Å². The maximum atomic E-state index is 13.8. The highest BCUT2D eigenvalue weighted by atomic mass is 16.2. The average Bonchev–Trinajstić information content (AvgIpc) is 2.82. The Hall–Kier alpha value is -3.40. The Morgan fingerprint density at radius 2 is 1.43 bits per heavy atom. The Kier molecular flexibility index (Phi) is 9.25.